The highest BCUT2D eigenvalue weighted by Crippen LogP contribution is 2.21. The molecule has 2 aromatic rings. The van der Waals surface area contributed by atoms with Gasteiger partial charge in [0.15, 0.2) is 0 Å². The summed E-state index contributed by atoms with van der Waals surface area (Å²) in [6.45, 7) is 0.856. The van der Waals surface area contributed by atoms with Gasteiger partial charge in [-0.1, -0.05) is 12.1 Å². The second-order valence-electron chi connectivity index (χ2n) is 5.40. The van der Waals surface area contributed by atoms with Crippen molar-refractivity contribution >= 4 is 6.03 Å². The van der Waals surface area contributed by atoms with Crippen LogP contribution < -0.4 is 15.4 Å². The molecule has 6 nitrogen and oxygen atoms in total. The molecule has 0 aliphatic carbocycles. The number of carbonyl (C=O) groups excluding carboxylic acids is 1. The second-order valence-corrected chi connectivity index (χ2v) is 5.40. The molecule has 124 valence electrons. The summed E-state index contributed by atoms with van der Waals surface area (Å²) in [5, 5.41) is 5.65. The van der Waals surface area contributed by atoms with Gasteiger partial charge in [0, 0.05) is 6.54 Å². The molecule has 0 saturated carbocycles. The summed E-state index contributed by atoms with van der Waals surface area (Å²) >= 11 is 0. The molecule has 6 heteroatoms. The lowest BCUT2D eigenvalue weighted by atomic mass is 10.1. The van der Waals surface area contributed by atoms with Crippen LogP contribution in [0.3, 0.4) is 0 Å². The summed E-state index contributed by atoms with van der Waals surface area (Å²) in [5.41, 5.74) is 1.08. The molecule has 0 aliphatic heterocycles. The molecule has 0 radical (unpaired) electrons. The van der Waals surface area contributed by atoms with E-state index in [1.54, 1.807) is 19.4 Å². The molecule has 1 heterocycles. The van der Waals surface area contributed by atoms with E-state index in [1.807, 2.05) is 44.4 Å². The summed E-state index contributed by atoms with van der Waals surface area (Å²) in [6.07, 6.45) is 1.58. The van der Waals surface area contributed by atoms with Gasteiger partial charge in [-0.15, -0.1) is 0 Å². The number of urea groups is 1. The number of hydrogen-bond acceptors (Lipinski definition) is 4. The monoisotopic (exact) mass is 317 g/mol. The van der Waals surface area contributed by atoms with Crippen LogP contribution >= 0.6 is 0 Å². The minimum absolute atomic E-state index is 0.0551. The van der Waals surface area contributed by atoms with Gasteiger partial charge >= 0.3 is 6.03 Å². The van der Waals surface area contributed by atoms with Gasteiger partial charge < -0.3 is 24.7 Å². The maximum absolute atomic E-state index is 11.9. The van der Waals surface area contributed by atoms with E-state index in [-0.39, 0.29) is 12.1 Å². The largest absolute Gasteiger partial charge is 0.497 e. The van der Waals surface area contributed by atoms with Crippen molar-refractivity contribution in [3.63, 3.8) is 0 Å². The first-order valence-corrected chi connectivity index (χ1v) is 7.44. The number of amides is 2. The number of methoxy groups -OCH3 is 1. The molecule has 0 saturated heterocycles. The number of rotatable bonds is 7. The van der Waals surface area contributed by atoms with E-state index in [9.17, 15) is 4.79 Å². The van der Waals surface area contributed by atoms with Crippen LogP contribution in [-0.4, -0.2) is 38.7 Å². The molecule has 1 aromatic carbocycles. The quantitative estimate of drug-likeness (QED) is 0.823. The first-order chi connectivity index (χ1) is 11.1. The van der Waals surface area contributed by atoms with Crippen LogP contribution in [0.25, 0.3) is 0 Å². The van der Waals surface area contributed by atoms with Gasteiger partial charge in [0.1, 0.15) is 11.5 Å². The molecule has 0 bridgehead atoms. The van der Waals surface area contributed by atoms with Crippen molar-refractivity contribution in [2.24, 2.45) is 0 Å². The Bertz CT molecular complexity index is 611. The van der Waals surface area contributed by atoms with Gasteiger partial charge in [-0.2, -0.15) is 0 Å². The lowest BCUT2D eigenvalue weighted by molar-refractivity contribution is 0.231. The summed E-state index contributed by atoms with van der Waals surface area (Å²) in [7, 11) is 5.60. The normalized spacial score (nSPS) is 12.0. The van der Waals surface area contributed by atoms with E-state index in [1.165, 1.54) is 0 Å². The van der Waals surface area contributed by atoms with Gasteiger partial charge in [-0.3, -0.25) is 0 Å². The average molecular weight is 317 g/mol. The Kier molecular flexibility index (Phi) is 6.05. The lowest BCUT2D eigenvalue weighted by Crippen LogP contribution is -2.40. The fraction of sp³-hybridized carbons (Fsp3) is 0.353. The zero-order valence-corrected chi connectivity index (χ0v) is 13.7. The number of ether oxygens (including phenoxy) is 1. The van der Waals surface area contributed by atoms with Crippen LogP contribution in [0.2, 0.25) is 0 Å². The molecule has 0 aliphatic rings. The molecule has 1 aromatic heterocycles. The number of benzene rings is 1. The van der Waals surface area contributed by atoms with Gasteiger partial charge in [-0.05, 0) is 43.9 Å². The van der Waals surface area contributed by atoms with E-state index >= 15 is 0 Å². The molecule has 0 spiro atoms. The molecule has 0 fully saturated rings. The molecule has 2 amide bonds. The Balaban J connectivity index is 1.90. The molecule has 23 heavy (non-hydrogen) atoms. The summed E-state index contributed by atoms with van der Waals surface area (Å²) < 4.78 is 10.4. The number of nitrogens with zero attached hydrogens (tertiary/aromatic N) is 1. The molecule has 2 N–H and O–H groups in total. The van der Waals surface area contributed by atoms with E-state index in [0.717, 1.165) is 17.1 Å². The van der Waals surface area contributed by atoms with Crippen molar-refractivity contribution in [2.45, 2.75) is 12.6 Å². The summed E-state index contributed by atoms with van der Waals surface area (Å²) in [5.74, 6) is 1.52. The van der Waals surface area contributed by atoms with E-state index in [4.69, 9.17) is 9.15 Å². The fourth-order valence-electron chi connectivity index (χ4n) is 2.28. The minimum atomic E-state index is -0.226. The Morgan fingerprint density at radius 2 is 2.09 bits per heavy atom. The summed E-state index contributed by atoms with van der Waals surface area (Å²) in [6, 6.07) is 11.3. The van der Waals surface area contributed by atoms with Gasteiger partial charge in [0.25, 0.3) is 0 Å². The Morgan fingerprint density at radius 1 is 1.26 bits per heavy atom. The van der Waals surface area contributed by atoms with Crippen molar-refractivity contribution in [1.29, 1.82) is 0 Å². The topological polar surface area (TPSA) is 66.7 Å². The first-order valence-electron chi connectivity index (χ1n) is 7.44. The Labute approximate surface area is 136 Å². The molecular formula is C17H23N3O3. The maximum Gasteiger partial charge on any atom is 0.315 e. The zero-order valence-electron chi connectivity index (χ0n) is 13.7. The molecular weight excluding hydrogens is 294 g/mol. The van der Waals surface area contributed by atoms with E-state index in [2.05, 4.69) is 15.5 Å². The first kappa shape index (κ1) is 16.9. The van der Waals surface area contributed by atoms with Crippen LogP contribution in [0, 0.1) is 0 Å². The van der Waals surface area contributed by atoms with E-state index < -0.39 is 0 Å². The molecule has 2 rings (SSSR count). The highest BCUT2D eigenvalue weighted by Gasteiger charge is 2.16. The third kappa shape index (κ3) is 5.03. The molecule has 1 unspecified atom stereocenters. The predicted molar refractivity (Wildman–Crippen MR) is 88.4 cm³/mol. The number of furan rings is 1. The van der Waals surface area contributed by atoms with Gasteiger partial charge in [0.2, 0.25) is 0 Å². The number of likely N-dealkylation sites (N-methyl/N-ethyl adjacent to an activating group) is 1. The van der Waals surface area contributed by atoms with Crippen molar-refractivity contribution < 1.29 is 13.9 Å². The van der Waals surface area contributed by atoms with E-state index in [0.29, 0.717) is 13.1 Å². The highest BCUT2D eigenvalue weighted by molar-refractivity contribution is 5.73. The second kappa shape index (κ2) is 8.24. The van der Waals surface area contributed by atoms with Crippen LogP contribution in [-0.2, 0) is 6.54 Å². The standard InChI is InChI=1S/C17H23N3O3/c1-20(2)16(13-6-4-7-14(10-13)22-3)12-19-17(21)18-11-15-8-5-9-23-15/h4-10,16H,11-12H2,1-3H3,(H2,18,19,21). The van der Waals surface area contributed by atoms with Crippen molar-refractivity contribution in [1.82, 2.24) is 15.5 Å². The SMILES string of the molecule is COc1cccc(C(CNC(=O)NCc2ccco2)N(C)C)c1. The third-order valence-electron chi connectivity index (χ3n) is 3.56. The number of hydrogen-bond donors (Lipinski definition) is 2. The lowest BCUT2D eigenvalue weighted by Gasteiger charge is -2.25. The average Bonchev–Trinajstić information content (AvgIpc) is 3.06. The van der Waals surface area contributed by atoms with Crippen LogP contribution in [0.5, 0.6) is 5.75 Å². The van der Waals surface area contributed by atoms with Crippen LogP contribution in [0.1, 0.15) is 17.4 Å². The third-order valence-corrected chi connectivity index (χ3v) is 3.56. The Hall–Kier alpha value is -2.47. The summed E-state index contributed by atoms with van der Waals surface area (Å²) in [4.78, 5) is 14.0. The zero-order chi connectivity index (χ0) is 16.7. The van der Waals surface area contributed by atoms with Crippen molar-refractivity contribution in [3.8, 4) is 5.75 Å². The van der Waals surface area contributed by atoms with Crippen LogP contribution in [0.15, 0.2) is 47.1 Å². The minimum Gasteiger partial charge on any atom is -0.497 e. The van der Waals surface area contributed by atoms with Crippen molar-refractivity contribution in [3.05, 3.63) is 54.0 Å². The smallest absolute Gasteiger partial charge is 0.315 e. The predicted octanol–water partition coefficient (Wildman–Crippen LogP) is 2.39. The Morgan fingerprint density at radius 3 is 2.74 bits per heavy atom. The van der Waals surface area contributed by atoms with Gasteiger partial charge in [0.05, 0.1) is 26.0 Å². The highest BCUT2D eigenvalue weighted by atomic mass is 16.5. The maximum atomic E-state index is 11.9. The van der Waals surface area contributed by atoms with Gasteiger partial charge in [-0.25, -0.2) is 4.79 Å². The molecule has 1 atom stereocenters. The van der Waals surface area contributed by atoms with Crippen molar-refractivity contribution in [2.75, 3.05) is 27.7 Å². The van der Waals surface area contributed by atoms with Crippen LogP contribution in [0.4, 0.5) is 4.79 Å². The fourth-order valence-corrected chi connectivity index (χ4v) is 2.28. The number of carbonyl (C=O) groups is 1. The number of nitrogens with one attached hydrogen (secondary N) is 2.